The molecule has 2 rings (SSSR count). The first-order valence-corrected chi connectivity index (χ1v) is 6.59. The first-order valence-electron chi connectivity index (χ1n) is 6.59. The SMILES string of the molecule is CCN(CCN)C1CCc2ccccc2NC1=O. The molecule has 1 aromatic rings. The molecular formula is C14H21N3O. The second-order valence-electron chi connectivity index (χ2n) is 4.62. The predicted molar refractivity (Wildman–Crippen MR) is 73.5 cm³/mol. The molecule has 3 N–H and O–H groups in total. The fourth-order valence-corrected chi connectivity index (χ4v) is 2.55. The highest BCUT2D eigenvalue weighted by atomic mass is 16.2. The molecule has 1 amide bonds. The fraction of sp³-hybridized carbons (Fsp3) is 0.500. The minimum Gasteiger partial charge on any atom is -0.329 e. The van der Waals surface area contributed by atoms with Gasteiger partial charge in [0.2, 0.25) is 5.91 Å². The number of fused-ring (bicyclic) bond motifs is 1. The topological polar surface area (TPSA) is 58.4 Å². The van der Waals surface area contributed by atoms with Crippen LogP contribution in [-0.2, 0) is 11.2 Å². The Kier molecular flexibility index (Phi) is 4.33. The molecule has 98 valence electrons. The van der Waals surface area contributed by atoms with Crippen molar-refractivity contribution in [1.29, 1.82) is 0 Å². The van der Waals surface area contributed by atoms with Crippen LogP contribution >= 0.6 is 0 Å². The normalized spacial score (nSPS) is 19.3. The van der Waals surface area contributed by atoms with E-state index in [9.17, 15) is 4.79 Å². The zero-order chi connectivity index (χ0) is 13.0. The number of aryl methyl sites for hydroxylation is 1. The highest BCUT2D eigenvalue weighted by Crippen LogP contribution is 2.23. The zero-order valence-electron chi connectivity index (χ0n) is 10.9. The maximum absolute atomic E-state index is 12.3. The molecular weight excluding hydrogens is 226 g/mol. The zero-order valence-corrected chi connectivity index (χ0v) is 10.9. The standard InChI is InChI=1S/C14H21N3O/c1-2-17(10-9-15)13-8-7-11-5-3-4-6-12(11)16-14(13)18/h3-6,13H,2,7-10,15H2,1H3,(H,16,18). The Labute approximate surface area is 108 Å². The summed E-state index contributed by atoms with van der Waals surface area (Å²) in [5.74, 6) is 0.0928. The molecule has 0 radical (unpaired) electrons. The van der Waals surface area contributed by atoms with Gasteiger partial charge in [0.15, 0.2) is 0 Å². The van der Waals surface area contributed by atoms with Crippen LogP contribution in [0, 0.1) is 0 Å². The third-order valence-electron chi connectivity index (χ3n) is 3.53. The molecule has 0 bridgehead atoms. The van der Waals surface area contributed by atoms with Crippen molar-refractivity contribution in [3.8, 4) is 0 Å². The van der Waals surface area contributed by atoms with Crippen LogP contribution in [-0.4, -0.2) is 36.5 Å². The molecule has 1 atom stereocenters. The number of carbonyl (C=O) groups is 1. The summed E-state index contributed by atoms with van der Waals surface area (Å²) in [4.78, 5) is 14.4. The Balaban J connectivity index is 2.16. The molecule has 0 aliphatic carbocycles. The Morgan fingerprint density at radius 1 is 1.44 bits per heavy atom. The van der Waals surface area contributed by atoms with Crippen LogP contribution in [0.5, 0.6) is 0 Å². The summed E-state index contributed by atoms with van der Waals surface area (Å²) in [6.45, 7) is 4.28. The first-order chi connectivity index (χ1) is 8.76. The average molecular weight is 247 g/mol. The highest BCUT2D eigenvalue weighted by Gasteiger charge is 2.27. The van der Waals surface area contributed by atoms with Crippen molar-refractivity contribution in [2.45, 2.75) is 25.8 Å². The summed E-state index contributed by atoms with van der Waals surface area (Å²) in [7, 11) is 0. The van der Waals surface area contributed by atoms with Gasteiger partial charge in [-0.15, -0.1) is 0 Å². The van der Waals surface area contributed by atoms with Gasteiger partial charge in [-0.1, -0.05) is 25.1 Å². The molecule has 18 heavy (non-hydrogen) atoms. The van der Waals surface area contributed by atoms with Gasteiger partial charge in [-0.05, 0) is 31.0 Å². The molecule has 1 heterocycles. The summed E-state index contributed by atoms with van der Waals surface area (Å²) in [6, 6.07) is 7.96. The number of hydrogen-bond donors (Lipinski definition) is 2. The Bertz CT molecular complexity index is 419. The molecule has 1 unspecified atom stereocenters. The van der Waals surface area contributed by atoms with Crippen LogP contribution in [0.25, 0.3) is 0 Å². The number of hydrogen-bond acceptors (Lipinski definition) is 3. The maximum atomic E-state index is 12.3. The Hall–Kier alpha value is -1.39. The number of anilines is 1. The minimum atomic E-state index is -0.0639. The second-order valence-corrected chi connectivity index (χ2v) is 4.62. The number of para-hydroxylation sites is 1. The summed E-state index contributed by atoms with van der Waals surface area (Å²) >= 11 is 0. The van der Waals surface area contributed by atoms with Crippen molar-refractivity contribution < 1.29 is 4.79 Å². The number of likely N-dealkylation sites (N-methyl/N-ethyl adjacent to an activating group) is 1. The number of nitrogens with zero attached hydrogens (tertiary/aromatic N) is 1. The largest absolute Gasteiger partial charge is 0.329 e. The summed E-state index contributed by atoms with van der Waals surface area (Å²) in [5, 5.41) is 3.02. The Morgan fingerprint density at radius 3 is 2.94 bits per heavy atom. The van der Waals surface area contributed by atoms with Gasteiger partial charge in [0.05, 0.1) is 6.04 Å². The van der Waals surface area contributed by atoms with E-state index in [0.717, 1.165) is 31.6 Å². The quantitative estimate of drug-likeness (QED) is 0.841. The first kappa shape index (κ1) is 13.1. The van der Waals surface area contributed by atoms with Crippen LogP contribution in [0.3, 0.4) is 0 Å². The van der Waals surface area contributed by atoms with Gasteiger partial charge in [-0.25, -0.2) is 0 Å². The number of carbonyl (C=O) groups excluding carboxylic acids is 1. The predicted octanol–water partition coefficient (Wildman–Crippen LogP) is 1.22. The molecule has 1 aromatic carbocycles. The van der Waals surface area contributed by atoms with Crippen molar-refractivity contribution in [3.63, 3.8) is 0 Å². The van der Waals surface area contributed by atoms with E-state index in [0.29, 0.717) is 6.54 Å². The molecule has 4 nitrogen and oxygen atoms in total. The number of rotatable bonds is 4. The van der Waals surface area contributed by atoms with E-state index in [1.807, 2.05) is 18.2 Å². The van der Waals surface area contributed by atoms with E-state index >= 15 is 0 Å². The van der Waals surface area contributed by atoms with E-state index in [2.05, 4.69) is 23.2 Å². The minimum absolute atomic E-state index is 0.0639. The van der Waals surface area contributed by atoms with Crippen LogP contribution in [0.1, 0.15) is 18.9 Å². The van der Waals surface area contributed by atoms with Crippen molar-refractivity contribution in [1.82, 2.24) is 4.90 Å². The smallest absolute Gasteiger partial charge is 0.241 e. The van der Waals surface area contributed by atoms with E-state index in [1.54, 1.807) is 0 Å². The highest BCUT2D eigenvalue weighted by molar-refractivity contribution is 5.96. The van der Waals surface area contributed by atoms with Crippen molar-refractivity contribution in [2.24, 2.45) is 5.73 Å². The lowest BCUT2D eigenvalue weighted by molar-refractivity contribution is -0.121. The van der Waals surface area contributed by atoms with Gasteiger partial charge in [-0.3, -0.25) is 9.69 Å². The van der Waals surface area contributed by atoms with Crippen LogP contribution < -0.4 is 11.1 Å². The molecule has 0 saturated heterocycles. The van der Waals surface area contributed by atoms with Crippen molar-refractivity contribution >= 4 is 11.6 Å². The lowest BCUT2D eigenvalue weighted by Crippen LogP contribution is -2.45. The number of nitrogens with one attached hydrogen (secondary N) is 1. The molecule has 0 saturated carbocycles. The summed E-state index contributed by atoms with van der Waals surface area (Å²) in [5.41, 5.74) is 7.78. The molecule has 0 spiro atoms. The molecule has 4 heteroatoms. The number of benzene rings is 1. The lowest BCUT2D eigenvalue weighted by Gasteiger charge is -2.27. The van der Waals surface area contributed by atoms with Gasteiger partial charge in [0, 0.05) is 18.8 Å². The second kappa shape index (κ2) is 5.98. The summed E-state index contributed by atoms with van der Waals surface area (Å²) < 4.78 is 0. The van der Waals surface area contributed by atoms with Gasteiger partial charge < -0.3 is 11.1 Å². The van der Waals surface area contributed by atoms with E-state index in [4.69, 9.17) is 5.73 Å². The summed E-state index contributed by atoms with van der Waals surface area (Å²) in [6.07, 6.45) is 1.79. The van der Waals surface area contributed by atoms with E-state index < -0.39 is 0 Å². The van der Waals surface area contributed by atoms with Crippen LogP contribution in [0.15, 0.2) is 24.3 Å². The maximum Gasteiger partial charge on any atom is 0.241 e. The Morgan fingerprint density at radius 2 is 2.22 bits per heavy atom. The number of amides is 1. The number of nitrogens with two attached hydrogens (primary N) is 1. The van der Waals surface area contributed by atoms with Gasteiger partial charge in [0.25, 0.3) is 0 Å². The van der Waals surface area contributed by atoms with Crippen molar-refractivity contribution in [3.05, 3.63) is 29.8 Å². The fourth-order valence-electron chi connectivity index (χ4n) is 2.55. The van der Waals surface area contributed by atoms with Gasteiger partial charge in [-0.2, -0.15) is 0 Å². The third-order valence-corrected chi connectivity index (χ3v) is 3.53. The van der Waals surface area contributed by atoms with E-state index in [1.165, 1.54) is 5.56 Å². The molecule has 1 aliphatic rings. The van der Waals surface area contributed by atoms with Crippen LogP contribution in [0.4, 0.5) is 5.69 Å². The average Bonchev–Trinajstić information content (AvgIpc) is 2.55. The molecule has 0 fully saturated rings. The third kappa shape index (κ3) is 2.71. The molecule has 1 aliphatic heterocycles. The van der Waals surface area contributed by atoms with Crippen LogP contribution in [0.2, 0.25) is 0 Å². The van der Waals surface area contributed by atoms with E-state index in [-0.39, 0.29) is 11.9 Å². The lowest BCUT2D eigenvalue weighted by atomic mass is 10.0. The monoisotopic (exact) mass is 247 g/mol. The van der Waals surface area contributed by atoms with Crippen molar-refractivity contribution in [2.75, 3.05) is 25.0 Å². The molecule has 0 aromatic heterocycles. The van der Waals surface area contributed by atoms with Gasteiger partial charge in [0.1, 0.15) is 0 Å². The van der Waals surface area contributed by atoms with Gasteiger partial charge >= 0.3 is 0 Å².